The van der Waals surface area contributed by atoms with Gasteiger partial charge in [0.15, 0.2) is 5.82 Å². The highest BCUT2D eigenvalue weighted by atomic mass is 35.5. The molecule has 2 heterocycles. The maximum absolute atomic E-state index is 5.78. The van der Waals surface area contributed by atoms with Crippen molar-refractivity contribution in [2.75, 3.05) is 0 Å². The van der Waals surface area contributed by atoms with Gasteiger partial charge in [0, 0.05) is 6.20 Å². The maximum atomic E-state index is 5.78. The highest BCUT2D eigenvalue weighted by molar-refractivity contribution is 6.16. The van der Waals surface area contributed by atoms with Gasteiger partial charge in [0.2, 0.25) is 0 Å². The molecule has 82 valence electrons. The molecule has 1 aromatic carbocycles. The van der Waals surface area contributed by atoms with Gasteiger partial charge in [0.25, 0.3) is 0 Å². The van der Waals surface area contributed by atoms with Gasteiger partial charge in [0.05, 0.1) is 17.3 Å². The van der Waals surface area contributed by atoms with Crippen molar-refractivity contribution in [2.24, 2.45) is 0 Å². The predicted octanol–water partition coefficient (Wildman–Crippen LogP) is 2.81. The first-order valence-electron chi connectivity index (χ1n) is 5.15. The van der Waals surface area contributed by atoms with Crippen LogP contribution < -0.4 is 4.74 Å². The lowest BCUT2D eigenvalue weighted by Crippen LogP contribution is -2.12. The molecular formula is C12H11ClN2O. The van der Waals surface area contributed by atoms with Crippen molar-refractivity contribution < 1.29 is 4.74 Å². The van der Waals surface area contributed by atoms with E-state index in [1.807, 2.05) is 18.3 Å². The third-order valence-electron chi connectivity index (χ3n) is 2.70. The summed E-state index contributed by atoms with van der Waals surface area (Å²) in [6, 6.07) is 6.16. The second-order valence-electron chi connectivity index (χ2n) is 3.91. The predicted molar refractivity (Wildman–Crippen MR) is 62.2 cm³/mol. The summed E-state index contributed by atoms with van der Waals surface area (Å²) in [4.78, 5) is 4.40. The zero-order valence-corrected chi connectivity index (χ0v) is 9.66. The van der Waals surface area contributed by atoms with Crippen LogP contribution in [0.1, 0.15) is 17.1 Å². The van der Waals surface area contributed by atoms with Crippen LogP contribution in [0.4, 0.5) is 0 Å². The molecule has 0 N–H and O–H groups in total. The number of ether oxygens (including phenoxy) is 1. The van der Waals surface area contributed by atoms with Gasteiger partial charge in [-0.05, 0) is 24.6 Å². The number of aromatic nitrogens is 2. The summed E-state index contributed by atoms with van der Waals surface area (Å²) in [6.45, 7) is 2.56. The number of nitrogens with zero attached hydrogens (tertiary/aromatic N) is 2. The van der Waals surface area contributed by atoms with Crippen LogP contribution in [0.3, 0.4) is 0 Å². The van der Waals surface area contributed by atoms with Gasteiger partial charge in [-0.2, -0.15) is 0 Å². The van der Waals surface area contributed by atoms with E-state index in [2.05, 4.69) is 22.5 Å². The van der Waals surface area contributed by atoms with E-state index in [4.69, 9.17) is 16.3 Å². The van der Waals surface area contributed by atoms with Gasteiger partial charge < -0.3 is 4.74 Å². The van der Waals surface area contributed by atoms with Gasteiger partial charge >= 0.3 is 0 Å². The Labute approximate surface area is 98.6 Å². The SMILES string of the molecule is Cc1ccc2c(c1)OCc1nc(CCl)cn1-2. The molecule has 0 amide bonds. The van der Waals surface area contributed by atoms with E-state index >= 15 is 0 Å². The average Bonchev–Trinajstić information content (AvgIpc) is 2.71. The third kappa shape index (κ3) is 1.39. The minimum atomic E-state index is 0.432. The van der Waals surface area contributed by atoms with Crippen molar-refractivity contribution in [3.63, 3.8) is 0 Å². The summed E-state index contributed by atoms with van der Waals surface area (Å²) in [5.41, 5.74) is 3.12. The molecule has 0 spiro atoms. The minimum absolute atomic E-state index is 0.432. The summed E-state index contributed by atoms with van der Waals surface area (Å²) < 4.78 is 7.71. The van der Waals surface area contributed by atoms with E-state index in [0.29, 0.717) is 12.5 Å². The summed E-state index contributed by atoms with van der Waals surface area (Å²) >= 11 is 5.78. The Morgan fingerprint density at radius 2 is 2.38 bits per heavy atom. The van der Waals surface area contributed by atoms with Crippen molar-refractivity contribution in [1.82, 2.24) is 9.55 Å². The van der Waals surface area contributed by atoms with Crippen molar-refractivity contribution in [2.45, 2.75) is 19.4 Å². The molecule has 0 aliphatic carbocycles. The fourth-order valence-corrected chi connectivity index (χ4v) is 2.05. The molecule has 0 unspecified atom stereocenters. The van der Waals surface area contributed by atoms with E-state index < -0.39 is 0 Å². The fourth-order valence-electron chi connectivity index (χ4n) is 1.93. The standard InChI is InChI=1S/C12H11ClN2O/c1-8-2-3-10-11(4-8)16-7-12-14-9(5-13)6-15(10)12/h2-4,6H,5,7H2,1H3. The Kier molecular flexibility index (Phi) is 2.14. The van der Waals surface area contributed by atoms with E-state index in [1.54, 1.807) is 0 Å². The lowest BCUT2D eigenvalue weighted by molar-refractivity contribution is 0.279. The van der Waals surface area contributed by atoms with Gasteiger partial charge in [-0.15, -0.1) is 11.6 Å². The van der Waals surface area contributed by atoms with Crippen LogP contribution in [0.25, 0.3) is 5.69 Å². The van der Waals surface area contributed by atoms with Crippen LogP contribution in [-0.4, -0.2) is 9.55 Å². The first kappa shape index (κ1) is 9.73. The molecule has 0 saturated carbocycles. The van der Waals surface area contributed by atoms with Crippen LogP contribution >= 0.6 is 11.6 Å². The summed E-state index contributed by atoms with van der Waals surface area (Å²) in [5, 5.41) is 0. The molecule has 3 nitrogen and oxygen atoms in total. The van der Waals surface area contributed by atoms with E-state index in [-0.39, 0.29) is 0 Å². The lowest BCUT2D eigenvalue weighted by atomic mass is 10.2. The molecule has 3 rings (SSSR count). The van der Waals surface area contributed by atoms with E-state index in [9.17, 15) is 0 Å². The molecule has 0 saturated heterocycles. The Hall–Kier alpha value is -1.48. The second kappa shape index (κ2) is 3.52. The van der Waals surface area contributed by atoms with Crippen molar-refractivity contribution in [1.29, 1.82) is 0 Å². The molecular weight excluding hydrogens is 224 g/mol. The zero-order chi connectivity index (χ0) is 11.1. The molecule has 1 aliphatic heterocycles. The Morgan fingerprint density at radius 3 is 3.19 bits per heavy atom. The smallest absolute Gasteiger partial charge is 0.151 e. The Morgan fingerprint density at radius 1 is 1.50 bits per heavy atom. The number of alkyl halides is 1. The molecule has 0 atom stereocenters. The van der Waals surface area contributed by atoms with Crippen molar-refractivity contribution in [3.8, 4) is 11.4 Å². The maximum Gasteiger partial charge on any atom is 0.151 e. The summed E-state index contributed by atoms with van der Waals surface area (Å²) in [5.74, 6) is 2.25. The average molecular weight is 235 g/mol. The van der Waals surface area contributed by atoms with Crippen LogP contribution in [0.2, 0.25) is 0 Å². The largest absolute Gasteiger partial charge is 0.483 e. The van der Waals surface area contributed by atoms with E-state index in [0.717, 1.165) is 23.0 Å². The van der Waals surface area contributed by atoms with Gasteiger partial charge in [0.1, 0.15) is 12.4 Å². The number of imidazole rings is 1. The molecule has 16 heavy (non-hydrogen) atoms. The molecule has 4 heteroatoms. The van der Waals surface area contributed by atoms with Gasteiger partial charge in [-0.25, -0.2) is 4.98 Å². The Balaban J connectivity index is 2.18. The van der Waals surface area contributed by atoms with Crippen LogP contribution in [-0.2, 0) is 12.5 Å². The number of halogens is 1. The fraction of sp³-hybridized carbons (Fsp3) is 0.250. The highest BCUT2D eigenvalue weighted by Gasteiger charge is 2.18. The van der Waals surface area contributed by atoms with Gasteiger partial charge in [-0.3, -0.25) is 4.57 Å². The van der Waals surface area contributed by atoms with Crippen molar-refractivity contribution in [3.05, 3.63) is 41.5 Å². The van der Waals surface area contributed by atoms with E-state index in [1.165, 1.54) is 5.56 Å². The lowest BCUT2D eigenvalue weighted by Gasteiger charge is -2.19. The Bertz CT molecular complexity index is 548. The topological polar surface area (TPSA) is 27.1 Å². The molecule has 0 fully saturated rings. The third-order valence-corrected chi connectivity index (χ3v) is 2.97. The number of rotatable bonds is 1. The molecule has 1 aliphatic rings. The molecule has 1 aromatic heterocycles. The highest BCUT2D eigenvalue weighted by Crippen LogP contribution is 2.30. The number of fused-ring (bicyclic) bond motifs is 3. The van der Waals surface area contributed by atoms with Crippen molar-refractivity contribution >= 4 is 11.6 Å². The molecule has 0 bridgehead atoms. The quantitative estimate of drug-likeness (QED) is 0.710. The van der Waals surface area contributed by atoms with Gasteiger partial charge in [-0.1, -0.05) is 6.07 Å². The van der Waals surface area contributed by atoms with Crippen LogP contribution in [0.5, 0.6) is 5.75 Å². The summed E-state index contributed by atoms with van der Waals surface area (Å²) in [6.07, 6.45) is 1.97. The van der Waals surface area contributed by atoms with Crippen LogP contribution in [0, 0.1) is 6.92 Å². The minimum Gasteiger partial charge on any atom is -0.483 e. The van der Waals surface area contributed by atoms with Crippen LogP contribution in [0.15, 0.2) is 24.4 Å². The number of benzene rings is 1. The number of hydrogen-bond donors (Lipinski definition) is 0. The normalized spacial score (nSPS) is 12.9. The second-order valence-corrected chi connectivity index (χ2v) is 4.18. The zero-order valence-electron chi connectivity index (χ0n) is 8.90. The first-order valence-corrected chi connectivity index (χ1v) is 5.68. The number of aryl methyl sites for hydroxylation is 1. The molecule has 0 radical (unpaired) electrons. The first-order chi connectivity index (χ1) is 7.78. The number of hydrogen-bond acceptors (Lipinski definition) is 2. The molecule has 2 aromatic rings. The monoisotopic (exact) mass is 234 g/mol. The summed E-state index contributed by atoms with van der Waals surface area (Å²) in [7, 11) is 0.